The number of fused-ring (bicyclic) bond motifs is 3. The number of amides is 3. The minimum Gasteiger partial charge on any atom is -0.465 e. The summed E-state index contributed by atoms with van der Waals surface area (Å²) < 4.78 is 16.0. The number of hydrogen-bond donors (Lipinski definition) is 3. The molecule has 0 aromatic heterocycles. The zero-order chi connectivity index (χ0) is 29.9. The molecule has 1 atom stereocenters. The Balaban J connectivity index is 1.21. The average Bonchev–Trinajstić information content (AvgIpc) is 3.31. The van der Waals surface area contributed by atoms with Crippen molar-refractivity contribution in [3.05, 3.63) is 72.3 Å². The SMILES string of the molecule is C=CCOC(=O)C(CCCCOC(=O)NC1CCN(C(=O)O)CC1)NC(=O)OCC1c2ccccc2-c2ccccc21. The second-order valence-corrected chi connectivity index (χ2v) is 10.3. The fraction of sp³-hybridized carbons (Fsp3) is 0.419. The Morgan fingerprint density at radius 3 is 2.19 bits per heavy atom. The molecule has 0 bridgehead atoms. The van der Waals surface area contributed by atoms with E-state index in [9.17, 15) is 19.2 Å². The molecule has 3 N–H and O–H groups in total. The molecule has 224 valence electrons. The molecule has 1 saturated heterocycles. The third-order valence-corrected chi connectivity index (χ3v) is 7.47. The summed E-state index contributed by atoms with van der Waals surface area (Å²) in [7, 11) is 0. The molecule has 11 heteroatoms. The van der Waals surface area contributed by atoms with E-state index in [-0.39, 0.29) is 38.2 Å². The van der Waals surface area contributed by atoms with Gasteiger partial charge in [-0.05, 0) is 54.4 Å². The third-order valence-electron chi connectivity index (χ3n) is 7.47. The third kappa shape index (κ3) is 8.02. The van der Waals surface area contributed by atoms with Crippen molar-refractivity contribution in [2.75, 3.05) is 32.9 Å². The van der Waals surface area contributed by atoms with Crippen molar-refractivity contribution in [3.8, 4) is 11.1 Å². The average molecular weight is 580 g/mol. The van der Waals surface area contributed by atoms with Crippen LogP contribution in [0.1, 0.15) is 49.1 Å². The molecule has 2 aromatic carbocycles. The quantitative estimate of drug-likeness (QED) is 0.143. The lowest BCUT2D eigenvalue weighted by atomic mass is 9.98. The molecular formula is C31H37N3O8. The molecule has 0 saturated carbocycles. The predicted octanol–water partition coefficient (Wildman–Crippen LogP) is 4.66. The van der Waals surface area contributed by atoms with Crippen molar-refractivity contribution in [3.63, 3.8) is 0 Å². The molecule has 2 aliphatic rings. The van der Waals surface area contributed by atoms with E-state index in [4.69, 9.17) is 19.3 Å². The highest BCUT2D eigenvalue weighted by Gasteiger charge is 2.30. The van der Waals surface area contributed by atoms with E-state index in [0.717, 1.165) is 22.3 Å². The fourth-order valence-electron chi connectivity index (χ4n) is 5.31. The van der Waals surface area contributed by atoms with Gasteiger partial charge in [0.2, 0.25) is 0 Å². The van der Waals surface area contributed by atoms with Crippen LogP contribution in [0.3, 0.4) is 0 Å². The first kappa shape index (κ1) is 30.4. The molecule has 1 fully saturated rings. The van der Waals surface area contributed by atoms with Gasteiger partial charge >= 0.3 is 24.2 Å². The molecule has 1 unspecified atom stereocenters. The lowest BCUT2D eigenvalue weighted by Gasteiger charge is -2.30. The van der Waals surface area contributed by atoms with Crippen LogP contribution < -0.4 is 10.6 Å². The van der Waals surface area contributed by atoms with Gasteiger partial charge in [0.15, 0.2) is 0 Å². The molecule has 4 rings (SSSR count). The van der Waals surface area contributed by atoms with Crippen LogP contribution in [-0.4, -0.2) is 79.2 Å². The number of benzene rings is 2. The lowest BCUT2D eigenvalue weighted by molar-refractivity contribution is -0.145. The molecule has 3 amide bonds. The fourth-order valence-corrected chi connectivity index (χ4v) is 5.31. The highest BCUT2D eigenvalue weighted by Crippen LogP contribution is 2.44. The Kier molecular flexibility index (Phi) is 10.8. The van der Waals surface area contributed by atoms with Crippen LogP contribution in [0.15, 0.2) is 61.2 Å². The van der Waals surface area contributed by atoms with Gasteiger partial charge in [-0.25, -0.2) is 19.2 Å². The van der Waals surface area contributed by atoms with Crippen molar-refractivity contribution >= 4 is 24.2 Å². The standard InChI is InChI=1S/C31H37N3O8/c1-2-18-40-28(35)27(13-7-8-19-41-29(36)32-21-14-16-34(17-15-21)31(38)39)33-30(37)42-20-26-24-11-5-3-9-22(24)23-10-4-6-12-25(23)26/h2-6,9-12,21,26-27H,1,7-8,13-20H2,(H,32,36)(H,33,37)(H,38,39). The Morgan fingerprint density at radius 1 is 0.929 bits per heavy atom. The molecule has 0 radical (unpaired) electrons. The van der Waals surface area contributed by atoms with Crippen LogP contribution in [0.5, 0.6) is 0 Å². The van der Waals surface area contributed by atoms with Crippen LogP contribution in [-0.2, 0) is 19.0 Å². The van der Waals surface area contributed by atoms with Crippen molar-refractivity contribution in [1.82, 2.24) is 15.5 Å². The number of alkyl carbamates (subject to hydrolysis) is 2. The van der Waals surface area contributed by atoms with Crippen LogP contribution in [0.25, 0.3) is 11.1 Å². The summed E-state index contributed by atoms with van der Waals surface area (Å²) in [4.78, 5) is 49.8. The molecule has 2 aromatic rings. The van der Waals surface area contributed by atoms with E-state index in [2.05, 4.69) is 29.3 Å². The molecule has 1 heterocycles. The molecule has 11 nitrogen and oxygen atoms in total. The van der Waals surface area contributed by atoms with Gasteiger partial charge in [-0.2, -0.15) is 0 Å². The van der Waals surface area contributed by atoms with Crippen LogP contribution in [0.4, 0.5) is 14.4 Å². The van der Waals surface area contributed by atoms with E-state index in [0.29, 0.717) is 38.8 Å². The highest BCUT2D eigenvalue weighted by atomic mass is 16.6. The number of rotatable bonds is 12. The number of unbranched alkanes of at least 4 members (excludes halogenated alkanes) is 1. The van der Waals surface area contributed by atoms with Crippen LogP contribution in [0, 0.1) is 0 Å². The normalized spacial score (nSPS) is 15.1. The summed E-state index contributed by atoms with van der Waals surface area (Å²) in [5.74, 6) is -0.711. The first-order valence-electron chi connectivity index (χ1n) is 14.2. The molecule has 0 spiro atoms. The summed E-state index contributed by atoms with van der Waals surface area (Å²) in [6.07, 6.45) is 1.44. The van der Waals surface area contributed by atoms with E-state index in [1.54, 1.807) is 0 Å². The van der Waals surface area contributed by atoms with Crippen LogP contribution in [0.2, 0.25) is 0 Å². The maximum Gasteiger partial charge on any atom is 0.407 e. The minimum absolute atomic E-state index is 0.0103. The summed E-state index contributed by atoms with van der Waals surface area (Å²) in [6, 6.07) is 15.0. The largest absolute Gasteiger partial charge is 0.465 e. The monoisotopic (exact) mass is 579 g/mol. The molecule has 1 aliphatic heterocycles. The highest BCUT2D eigenvalue weighted by molar-refractivity contribution is 5.82. The summed E-state index contributed by atoms with van der Waals surface area (Å²) in [5.41, 5.74) is 4.41. The zero-order valence-electron chi connectivity index (χ0n) is 23.5. The Hall–Kier alpha value is -4.54. The lowest BCUT2D eigenvalue weighted by Crippen LogP contribution is -2.46. The number of carbonyl (C=O) groups is 4. The van der Waals surface area contributed by atoms with E-state index >= 15 is 0 Å². The van der Waals surface area contributed by atoms with Crippen LogP contribution >= 0.6 is 0 Å². The van der Waals surface area contributed by atoms with Crippen molar-refractivity contribution in [1.29, 1.82) is 0 Å². The van der Waals surface area contributed by atoms with Gasteiger partial charge in [-0.1, -0.05) is 61.2 Å². The maximum absolute atomic E-state index is 12.8. The number of nitrogens with one attached hydrogen (secondary N) is 2. The second kappa shape index (κ2) is 14.9. The van der Waals surface area contributed by atoms with Crippen molar-refractivity contribution < 1.29 is 38.5 Å². The molecule has 42 heavy (non-hydrogen) atoms. The predicted molar refractivity (Wildman–Crippen MR) is 154 cm³/mol. The first-order chi connectivity index (χ1) is 20.4. The summed E-state index contributed by atoms with van der Waals surface area (Å²) in [6.45, 7) is 4.52. The number of carboxylic acid groups (broad SMARTS) is 1. The number of nitrogens with zero attached hydrogens (tertiary/aromatic N) is 1. The maximum atomic E-state index is 12.8. The van der Waals surface area contributed by atoms with E-state index < -0.39 is 30.3 Å². The number of piperidine rings is 1. The number of ether oxygens (including phenoxy) is 3. The summed E-state index contributed by atoms with van der Waals surface area (Å²) in [5, 5.41) is 14.4. The topological polar surface area (TPSA) is 144 Å². The van der Waals surface area contributed by atoms with Gasteiger partial charge in [0.1, 0.15) is 19.3 Å². The van der Waals surface area contributed by atoms with E-state index in [1.807, 2.05) is 36.4 Å². The number of hydrogen-bond acceptors (Lipinski definition) is 7. The summed E-state index contributed by atoms with van der Waals surface area (Å²) >= 11 is 0. The smallest absolute Gasteiger partial charge is 0.407 e. The minimum atomic E-state index is -0.962. The number of likely N-dealkylation sites (tertiary alicyclic amines) is 1. The van der Waals surface area contributed by atoms with Crippen molar-refractivity contribution in [2.45, 2.75) is 50.1 Å². The van der Waals surface area contributed by atoms with Gasteiger partial charge in [-0.15, -0.1) is 0 Å². The van der Waals surface area contributed by atoms with Gasteiger partial charge in [0.25, 0.3) is 0 Å². The Labute approximate surface area is 244 Å². The number of carbonyl (C=O) groups excluding carboxylic acids is 3. The van der Waals surface area contributed by atoms with Gasteiger partial charge in [-0.3, -0.25) is 0 Å². The Morgan fingerprint density at radius 2 is 1.57 bits per heavy atom. The Bertz CT molecular complexity index is 1230. The van der Waals surface area contributed by atoms with Gasteiger partial charge in [0.05, 0.1) is 6.61 Å². The molecule has 1 aliphatic carbocycles. The van der Waals surface area contributed by atoms with E-state index in [1.165, 1.54) is 11.0 Å². The second-order valence-electron chi connectivity index (χ2n) is 10.3. The van der Waals surface area contributed by atoms with Gasteiger partial charge < -0.3 is 34.9 Å². The van der Waals surface area contributed by atoms with Gasteiger partial charge in [0, 0.05) is 25.0 Å². The van der Waals surface area contributed by atoms with Crippen molar-refractivity contribution in [2.24, 2.45) is 0 Å². The zero-order valence-corrected chi connectivity index (χ0v) is 23.5. The first-order valence-corrected chi connectivity index (χ1v) is 14.2. The number of esters is 1. The molecular weight excluding hydrogens is 542 g/mol.